The van der Waals surface area contributed by atoms with Crippen LogP contribution in [-0.2, 0) is 23.6 Å². The molecule has 0 aliphatic carbocycles. The maximum Gasteiger partial charge on any atom is 0.227 e. The number of halogens is 1. The van der Waals surface area contributed by atoms with E-state index in [1.807, 2.05) is 12.3 Å². The lowest BCUT2D eigenvalue weighted by Crippen LogP contribution is -2.24. The van der Waals surface area contributed by atoms with Crippen LogP contribution >= 0.6 is 22.9 Å². The van der Waals surface area contributed by atoms with Gasteiger partial charge in [-0.15, -0.1) is 22.9 Å². The third-order valence-electron chi connectivity index (χ3n) is 2.19. The van der Waals surface area contributed by atoms with Crippen molar-refractivity contribution in [2.75, 3.05) is 0 Å². The molecule has 2 aromatic rings. The van der Waals surface area contributed by atoms with Crippen LogP contribution in [-0.4, -0.2) is 16.0 Å². The Bertz CT molecular complexity index is 538. The molecular weight excluding hydrogens is 274 g/mol. The molecule has 0 saturated carbocycles. The Morgan fingerprint density at radius 3 is 3.00 bits per heavy atom. The van der Waals surface area contributed by atoms with Crippen LogP contribution in [0, 0.1) is 6.92 Å². The molecule has 0 saturated heterocycles. The third-order valence-corrected chi connectivity index (χ3v) is 3.36. The first kappa shape index (κ1) is 13.0. The second kappa shape index (κ2) is 5.97. The average molecular weight is 286 g/mol. The summed E-state index contributed by atoms with van der Waals surface area (Å²) in [5.74, 6) is 1.01. The molecule has 0 radical (unpaired) electrons. The Balaban J connectivity index is 1.81. The fourth-order valence-corrected chi connectivity index (χ4v) is 2.40. The summed E-state index contributed by atoms with van der Waals surface area (Å²) < 4.78 is 4.91. The highest BCUT2D eigenvalue weighted by molar-refractivity contribution is 7.09. The van der Waals surface area contributed by atoms with E-state index in [0.717, 1.165) is 16.5 Å². The predicted molar refractivity (Wildman–Crippen MR) is 68.5 cm³/mol. The van der Waals surface area contributed by atoms with Crippen LogP contribution in [0.5, 0.6) is 0 Å². The van der Waals surface area contributed by atoms with Crippen molar-refractivity contribution in [2.45, 2.75) is 25.8 Å². The minimum absolute atomic E-state index is 0.0916. The van der Waals surface area contributed by atoms with Gasteiger partial charge in [-0.25, -0.2) is 4.98 Å². The van der Waals surface area contributed by atoms with Crippen molar-refractivity contribution in [2.24, 2.45) is 0 Å². The summed E-state index contributed by atoms with van der Waals surface area (Å²) in [5.41, 5.74) is 1.51. The highest BCUT2D eigenvalue weighted by Gasteiger charge is 2.08. The lowest BCUT2D eigenvalue weighted by molar-refractivity contribution is -0.120. The molecule has 0 fully saturated rings. The zero-order valence-corrected chi connectivity index (χ0v) is 11.3. The lowest BCUT2D eigenvalue weighted by atomic mass is 10.3. The first-order valence-electron chi connectivity index (χ1n) is 5.35. The summed E-state index contributed by atoms with van der Waals surface area (Å²) in [6, 6.07) is 1.79. The molecule has 5 nitrogen and oxygen atoms in total. The summed E-state index contributed by atoms with van der Waals surface area (Å²) >= 11 is 7.08. The fraction of sp³-hybridized carbons (Fsp3) is 0.364. The van der Waals surface area contributed by atoms with Crippen molar-refractivity contribution >= 4 is 28.8 Å². The number of nitrogens with one attached hydrogen (secondary N) is 1. The Kier molecular flexibility index (Phi) is 4.33. The van der Waals surface area contributed by atoms with E-state index in [0.29, 0.717) is 18.1 Å². The fourth-order valence-electron chi connectivity index (χ4n) is 1.38. The van der Waals surface area contributed by atoms with E-state index in [-0.39, 0.29) is 12.3 Å². The first-order valence-corrected chi connectivity index (χ1v) is 6.77. The largest absolute Gasteiger partial charge is 0.361 e. The molecule has 96 valence electrons. The molecule has 7 heteroatoms. The van der Waals surface area contributed by atoms with Crippen LogP contribution in [0.3, 0.4) is 0 Å². The van der Waals surface area contributed by atoms with Crippen molar-refractivity contribution in [1.82, 2.24) is 15.5 Å². The van der Waals surface area contributed by atoms with Crippen molar-refractivity contribution in [3.05, 3.63) is 33.6 Å². The number of aromatic nitrogens is 2. The number of amides is 1. The Morgan fingerprint density at radius 2 is 2.39 bits per heavy atom. The van der Waals surface area contributed by atoms with Crippen molar-refractivity contribution in [3.8, 4) is 0 Å². The highest BCUT2D eigenvalue weighted by atomic mass is 35.5. The summed E-state index contributed by atoms with van der Waals surface area (Å²) in [6.07, 6.45) is 0.262. The maximum absolute atomic E-state index is 11.7. The first-order chi connectivity index (χ1) is 8.67. The summed E-state index contributed by atoms with van der Waals surface area (Å²) in [6.45, 7) is 2.17. The molecule has 2 rings (SSSR count). The van der Waals surface area contributed by atoms with Gasteiger partial charge in [0.25, 0.3) is 0 Å². The number of carbonyl (C=O) groups excluding carboxylic acids is 1. The van der Waals surface area contributed by atoms with Crippen LogP contribution < -0.4 is 5.32 Å². The van der Waals surface area contributed by atoms with Gasteiger partial charge < -0.3 is 9.84 Å². The molecule has 0 aromatic carbocycles. The van der Waals surface area contributed by atoms with E-state index in [1.54, 1.807) is 6.07 Å². The maximum atomic E-state index is 11.7. The van der Waals surface area contributed by atoms with Gasteiger partial charge in [0.2, 0.25) is 5.91 Å². The van der Waals surface area contributed by atoms with Gasteiger partial charge in [-0.05, 0) is 6.92 Å². The van der Waals surface area contributed by atoms with Crippen LogP contribution in [0.25, 0.3) is 0 Å². The Labute approximate surface area is 113 Å². The van der Waals surface area contributed by atoms with Crippen LogP contribution in [0.1, 0.15) is 22.2 Å². The minimum Gasteiger partial charge on any atom is -0.361 e. The summed E-state index contributed by atoms with van der Waals surface area (Å²) in [5, 5.41) is 9.17. The SMILES string of the molecule is Cc1cc(CNC(=O)Cc2nc(CCl)cs2)no1. The van der Waals surface area contributed by atoms with Crippen LogP contribution in [0.4, 0.5) is 0 Å². The summed E-state index contributed by atoms with van der Waals surface area (Å²) in [4.78, 5) is 15.9. The number of rotatable bonds is 5. The number of alkyl halides is 1. The normalized spacial score (nSPS) is 10.6. The van der Waals surface area contributed by atoms with Gasteiger partial charge in [-0.1, -0.05) is 5.16 Å². The van der Waals surface area contributed by atoms with E-state index < -0.39 is 0 Å². The molecule has 0 aliphatic heterocycles. The molecule has 1 N–H and O–H groups in total. The molecule has 0 bridgehead atoms. The van der Waals surface area contributed by atoms with Crippen LogP contribution in [0.2, 0.25) is 0 Å². The van der Waals surface area contributed by atoms with Gasteiger partial charge in [-0.2, -0.15) is 0 Å². The Morgan fingerprint density at radius 1 is 1.56 bits per heavy atom. The number of hydrogen-bond donors (Lipinski definition) is 1. The lowest BCUT2D eigenvalue weighted by Gasteiger charge is -2.00. The van der Waals surface area contributed by atoms with E-state index >= 15 is 0 Å². The second-order valence-corrected chi connectivity index (χ2v) is 4.96. The number of hydrogen-bond acceptors (Lipinski definition) is 5. The molecule has 0 unspecified atom stereocenters. The van der Waals surface area contributed by atoms with E-state index in [4.69, 9.17) is 16.1 Å². The number of thiazole rings is 1. The molecule has 0 atom stereocenters. The predicted octanol–water partition coefficient (Wildman–Crippen LogP) is 2.04. The number of carbonyl (C=O) groups is 1. The van der Waals surface area contributed by atoms with Gasteiger partial charge in [0.05, 0.1) is 24.5 Å². The molecule has 18 heavy (non-hydrogen) atoms. The molecule has 2 aromatic heterocycles. The molecule has 1 amide bonds. The van der Waals surface area contributed by atoms with Gasteiger partial charge in [-0.3, -0.25) is 4.79 Å². The summed E-state index contributed by atoms with van der Waals surface area (Å²) in [7, 11) is 0. The molecule has 0 spiro atoms. The van der Waals surface area contributed by atoms with Gasteiger partial charge in [0.1, 0.15) is 16.5 Å². The van der Waals surface area contributed by atoms with Crippen molar-refractivity contribution in [1.29, 1.82) is 0 Å². The van der Waals surface area contributed by atoms with E-state index in [1.165, 1.54) is 11.3 Å². The zero-order valence-electron chi connectivity index (χ0n) is 9.77. The quantitative estimate of drug-likeness (QED) is 0.854. The van der Waals surface area contributed by atoms with E-state index in [2.05, 4.69) is 15.5 Å². The molecule has 0 aliphatic rings. The highest BCUT2D eigenvalue weighted by Crippen LogP contribution is 2.12. The van der Waals surface area contributed by atoms with Crippen LogP contribution in [0.15, 0.2) is 16.0 Å². The standard InChI is InChI=1S/C11H12ClN3O2S/c1-7-2-8(15-17-7)5-13-10(16)3-11-14-9(4-12)6-18-11/h2,6H,3-5H2,1H3,(H,13,16). The monoisotopic (exact) mass is 285 g/mol. The zero-order chi connectivity index (χ0) is 13.0. The second-order valence-electron chi connectivity index (χ2n) is 3.75. The smallest absolute Gasteiger partial charge is 0.227 e. The topological polar surface area (TPSA) is 68.0 Å². The van der Waals surface area contributed by atoms with Gasteiger partial charge in [0.15, 0.2) is 0 Å². The van der Waals surface area contributed by atoms with Gasteiger partial charge >= 0.3 is 0 Å². The van der Waals surface area contributed by atoms with Crippen molar-refractivity contribution < 1.29 is 9.32 Å². The minimum atomic E-state index is -0.0916. The number of aryl methyl sites for hydroxylation is 1. The molecular formula is C11H12ClN3O2S. The Hall–Kier alpha value is -1.40. The van der Waals surface area contributed by atoms with Gasteiger partial charge in [0, 0.05) is 11.4 Å². The average Bonchev–Trinajstić information content (AvgIpc) is 2.95. The third kappa shape index (κ3) is 3.54. The number of nitrogens with zero attached hydrogens (tertiary/aromatic N) is 2. The van der Waals surface area contributed by atoms with E-state index in [9.17, 15) is 4.79 Å². The van der Waals surface area contributed by atoms with Crippen molar-refractivity contribution in [3.63, 3.8) is 0 Å². The molecule has 2 heterocycles.